The van der Waals surface area contributed by atoms with E-state index in [-0.39, 0.29) is 23.8 Å². The number of nitrogens with one attached hydrogen (secondary N) is 1. The van der Waals surface area contributed by atoms with Crippen molar-refractivity contribution in [1.82, 2.24) is 0 Å². The summed E-state index contributed by atoms with van der Waals surface area (Å²) >= 11 is 0. The molecule has 0 radical (unpaired) electrons. The topological polar surface area (TPSA) is 60.7 Å². The van der Waals surface area contributed by atoms with E-state index in [1.165, 1.54) is 29.8 Å². The van der Waals surface area contributed by atoms with Gasteiger partial charge in [0.2, 0.25) is 0 Å². The molecule has 0 aliphatic heterocycles. The SMILES string of the molecule is CCc1ccc(OCc2ccc(C(=O)Nc3ccccc3OC(F)F)o2)cc1. The van der Waals surface area contributed by atoms with Crippen molar-refractivity contribution in [3.8, 4) is 11.5 Å². The van der Waals surface area contributed by atoms with E-state index in [4.69, 9.17) is 9.15 Å². The van der Waals surface area contributed by atoms with Crippen molar-refractivity contribution < 1.29 is 27.5 Å². The number of rotatable bonds is 8. The molecule has 0 spiro atoms. The summed E-state index contributed by atoms with van der Waals surface area (Å²) in [5, 5.41) is 2.50. The minimum atomic E-state index is -2.99. The van der Waals surface area contributed by atoms with Crippen LogP contribution < -0.4 is 14.8 Å². The fraction of sp³-hybridized carbons (Fsp3) is 0.190. The maximum absolute atomic E-state index is 12.5. The lowest BCUT2D eigenvalue weighted by Crippen LogP contribution is -2.13. The lowest BCUT2D eigenvalue weighted by Gasteiger charge is -2.10. The summed E-state index contributed by atoms with van der Waals surface area (Å²) < 4.78 is 40.4. The first kappa shape index (κ1) is 19.4. The number of anilines is 1. The zero-order chi connectivity index (χ0) is 19.9. The molecular weight excluding hydrogens is 368 g/mol. The van der Waals surface area contributed by atoms with E-state index in [1.54, 1.807) is 12.1 Å². The summed E-state index contributed by atoms with van der Waals surface area (Å²) in [6.45, 7) is -0.760. The normalized spacial score (nSPS) is 10.7. The van der Waals surface area contributed by atoms with E-state index in [0.29, 0.717) is 11.5 Å². The second-order valence-electron chi connectivity index (χ2n) is 5.88. The van der Waals surface area contributed by atoms with Crippen molar-refractivity contribution in [3.63, 3.8) is 0 Å². The summed E-state index contributed by atoms with van der Waals surface area (Å²) in [5.41, 5.74) is 1.33. The number of hydrogen-bond acceptors (Lipinski definition) is 4. The van der Waals surface area contributed by atoms with E-state index in [0.717, 1.165) is 6.42 Å². The van der Waals surface area contributed by atoms with E-state index < -0.39 is 12.5 Å². The molecule has 0 bridgehead atoms. The quantitative estimate of drug-likeness (QED) is 0.572. The Hall–Kier alpha value is -3.35. The van der Waals surface area contributed by atoms with Crippen molar-refractivity contribution in [2.45, 2.75) is 26.6 Å². The Labute approximate surface area is 160 Å². The number of halogens is 2. The summed E-state index contributed by atoms with van der Waals surface area (Å²) in [5.74, 6) is 0.478. The number of ether oxygens (including phenoxy) is 2. The van der Waals surface area contributed by atoms with Gasteiger partial charge in [0.05, 0.1) is 5.69 Å². The van der Waals surface area contributed by atoms with Crippen LogP contribution in [0.4, 0.5) is 14.5 Å². The minimum Gasteiger partial charge on any atom is -0.486 e. The van der Waals surface area contributed by atoms with Gasteiger partial charge < -0.3 is 19.2 Å². The maximum atomic E-state index is 12.5. The Morgan fingerprint density at radius 3 is 2.54 bits per heavy atom. The summed E-state index contributed by atoms with van der Waals surface area (Å²) in [6.07, 6.45) is 0.947. The third kappa shape index (κ3) is 5.09. The van der Waals surface area contributed by atoms with Gasteiger partial charge in [-0.05, 0) is 48.4 Å². The minimum absolute atomic E-state index is 0.0341. The fourth-order valence-electron chi connectivity index (χ4n) is 2.51. The van der Waals surface area contributed by atoms with Crippen molar-refractivity contribution in [2.75, 3.05) is 5.32 Å². The Balaban J connectivity index is 1.61. The van der Waals surface area contributed by atoms with Crippen LogP contribution in [0.25, 0.3) is 0 Å². The lowest BCUT2D eigenvalue weighted by molar-refractivity contribution is -0.0493. The van der Waals surface area contributed by atoms with Crippen LogP contribution in [0.1, 0.15) is 28.8 Å². The Morgan fingerprint density at radius 2 is 1.82 bits per heavy atom. The van der Waals surface area contributed by atoms with Crippen molar-refractivity contribution in [1.29, 1.82) is 0 Å². The van der Waals surface area contributed by atoms with Gasteiger partial charge in [-0.1, -0.05) is 31.2 Å². The van der Waals surface area contributed by atoms with Gasteiger partial charge in [-0.15, -0.1) is 0 Å². The van der Waals surface area contributed by atoms with Gasteiger partial charge in [-0.25, -0.2) is 0 Å². The van der Waals surface area contributed by atoms with Crippen LogP contribution in [0, 0.1) is 0 Å². The van der Waals surface area contributed by atoms with E-state index in [9.17, 15) is 13.6 Å². The second-order valence-corrected chi connectivity index (χ2v) is 5.88. The monoisotopic (exact) mass is 387 g/mol. The van der Waals surface area contributed by atoms with Gasteiger partial charge in [-0.3, -0.25) is 4.79 Å². The van der Waals surface area contributed by atoms with Crippen LogP contribution in [-0.4, -0.2) is 12.5 Å². The van der Waals surface area contributed by atoms with Crippen molar-refractivity contribution >= 4 is 11.6 Å². The summed E-state index contributed by atoms with van der Waals surface area (Å²) in [6, 6.07) is 16.7. The van der Waals surface area contributed by atoms with Gasteiger partial charge in [0.15, 0.2) is 5.76 Å². The molecule has 1 heterocycles. The number of amides is 1. The molecule has 28 heavy (non-hydrogen) atoms. The molecule has 5 nitrogen and oxygen atoms in total. The first-order valence-corrected chi connectivity index (χ1v) is 8.71. The Bertz CT molecular complexity index is 922. The largest absolute Gasteiger partial charge is 0.486 e. The van der Waals surface area contributed by atoms with Gasteiger partial charge in [0.25, 0.3) is 5.91 Å². The molecule has 0 saturated carbocycles. The Morgan fingerprint density at radius 1 is 1.07 bits per heavy atom. The van der Waals surface area contributed by atoms with E-state index in [1.807, 2.05) is 24.3 Å². The zero-order valence-electron chi connectivity index (χ0n) is 15.2. The molecule has 1 amide bonds. The average molecular weight is 387 g/mol. The number of furan rings is 1. The molecule has 0 saturated heterocycles. The lowest BCUT2D eigenvalue weighted by atomic mass is 10.2. The maximum Gasteiger partial charge on any atom is 0.387 e. The van der Waals surface area contributed by atoms with Gasteiger partial charge >= 0.3 is 6.61 Å². The van der Waals surface area contributed by atoms with Gasteiger partial charge in [-0.2, -0.15) is 8.78 Å². The van der Waals surface area contributed by atoms with Crippen LogP contribution >= 0.6 is 0 Å². The molecular formula is C21H19F2NO4. The number of carbonyl (C=O) groups excluding carboxylic acids is 1. The zero-order valence-corrected chi connectivity index (χ0v) is 15.2. The smallest absolute Gasteiger partial charge is 0.387 e. The molecule has 0 atom stereocenters. The van der Waals surface area contributed by atoms with Crippen LogP contribution in [-0.2, 0) is 13.0 Å². The number of aryl methyl sites for hydroxylation is 1. The average Bonchev–Trinajstić information content (AvgIpc) is 3.17. The third-order valence-electron chi connectivity index (χ3n) is 3.95. The van der Waals surface area contributed by atoms with Gasteiger partial charge in [0.1, 0.15) is 23.9 Å². The summed E-state index contributed by atoms with van der Waals surface area (Å²) in [4.78, 5) is 12.3. The number of alkyl halides is 2. The molecule has 1 N–H and O–H groups in total. The molecule has 146 valence electrons. The molecule has 3 aromatic rings. The fourth-order valence-corrected chi connectivity index (χ4v) is 2.51. The van der Waals surface area contributed by atoms with Crippen LogP contribution in [0.3, 0.4) is 0 Å². The first-order chi connectivity index (χ1) is 13.5. The Kier molecular flexibility index (Phi) is 6.26. The number of carbonyl (C=O) groups is 1. The van der Waals surface area contributed by atoms with Gasteiger partial charge in [0, 0.05) is 0 Å². The molecule has 3 rings (SSSR count). The predicted octanol–water partition coefficient (Wildman–Crippen LogP) is 5.27. The molecule has 0 aliphatic rings. The molecule has 7 heteroatoms. The van der Waals surface area contributed by atoms with Crippen LogP contribution in [0.2, 0.25) is 0 Å². The standard InChI is InChI=1S/C21H19F2NO4/c1-2-14-7-9-15(10-8-14)26-13-16-11-12-19(27-16)20(25)24-17-5-3-4-6-18(17)28-21(22)23/h3-12,21H,2,13H2,1H3,(H,24,25). The van der Waals surface area contributed by atoms with Crippen LogP contribution in [0.5, 0.6) is 11.5 Å². The molecule has 0 unspecified atom stereocenters. The predicted molar refractivity (Wildman–Crippen MR) is 99.9 cm³/mol. The third-order valence-corrected chi connectivity index (χ3v) is 3.95. The molecule has 0 fully saturated rings. The van der Waals surface area contributed by atoms with Crippen molar-refractivity contribution in [3.05, 3.63) is 77.7 Å². The highest BCUT2D eigenvalue weighted by Gasteiger charge is 2.15. The number of benzene rings is 2. The van der Waals surface area contributed by atoms with E-state index >= 15 is 0 Å². The highest BCUT2D eigenvalue weighted by molar-refractivity contribution is 6.03. The molecule has 2 aromatic carbocycles. The van der Waals surface area contributed by atoms with E-state index in [2.05, 4.69) is 17.0 Å². The highest BCUT2D eigenvalue weighted by atomic mass is 19.3. The number of para-hydroxylation sites is 2. The summed E-state index contributed by atoms with van der Waals surface area (Å²) in [7, 11) is 0. The second kappa shape index (κ2) is 9.03. The molecule has 1 aromatic heterocycles. The van der Waals surface area contributed by atoms with Crippen molar-refractivity contribution in [2.24, 2.45) is 0 Å². The molecule has 0 aliphatic carbocycles. The first-order valence-electron chi connectivity index (χ1n) is 8.71. The number of hydrogen-bond donors (Lipinski definition) is 1. The highest BCUT2D eigenvalue weighted by Crippen LogP contribution is 2.26. The van der Waals surface area contributed by atoms with Crippen LogP contribution in [0.15, 0.2) is 65.1 Å².